The number of nitrogens with one attached hydrogen (secondary N) is 1. The lowest BCUT2D eigenvalue weighted by Gasteiger charge is -2.05. The summed E-state index contributed by atoms with van der Waals surface area (Å²) in [6, 6.07) is 0. The Morgan fingerprint density at radius 1 is 1.53 bits per heavy atom. The Morgan fingerprint density at radius 2 is 2.12 bits per heavy atom. The molecule has 0 saturated carbocycles. The second-order valence-electron chi connectivity index (χ2n) is 3.39. The average Bonchev–Trinajstić information content (AvgIpc) is 2.40. The number of aliphatic carboxylic acids is 1. The fourth-order valence-electron chi connectivity index (χ4n) is 1.35. The topological polar surface area (TPSA) is 111 Å². The summed E-state index contributed by atoms with van der Waals surface area (Å²) in [7, 11) is -2.30. The molecule has 0 aliphatic heterocycles. The molecule has 1 heterocycles. The molecule has 0 aliphatic carbocycles. The molecule has 0 aliphatic rings. The SMILES string of the molecule is Cc1nn(C)c(C)c1S(=O)(=O)NOCC(=O)O. The van der Waals surface area contributed by atoms with Crippen LogP contribution in [-0.4, -0.2) is 35.9 Å². The molecule has 1 rings (SSSR count). The highest BCUT2D eigenvalue weighted by Gasteiger charge is 2.24. The molecule has 0 fully saturated rings. The number of rotatable bonds is 5. The predicted octanol–water partition coefficient (Wildman–Crippen LogP) is -0.669. The Kier molecular flexibility index (Phi) is 3.86. The van der Waals surface area contributed by atoms with Gasteiger partial charge in [0.05, 0.1) is 11.4 Å². The van der Waals surface area contributed by atoms with E-state index in [1.165, 1.54) is 4.68 Å². The standard InChI is InChI=1S/C8H13N3O5S/c1-5-8(6(2)11(3)9-5)17(14,15)10-16-4-7(12)13/h10H,4H2,1-3H3,(H,12,13). The number of hydrogen-bond acceptors (Lipinski definition) is 5. The molecule has 0 bridgehead atoms. The van der Waals surface area contributed by atoms with E-state index in [4.69, 9.17) is 5.11 Å². The lowest BCUT2D eigenvalue weighted by Crippen LogP contribution is -2.27. The van der Waals surface area contributed by atoms with Crippen molar-refractivity contribution in [1.82, 2.24) is 14.7 Å². The van der Waals surface area contributed by atoms with E-state index in [1.807, 2.05) is 0 Å². The van der Waals surface area contributed by atoms with Gasteiger partial charge in [-0.05, 0) is 13.8 Å². The second-order valence-corrected chi connectivity index (χ2v) is 4.97. The summed E-state index contributed by atoms with van der Waals surface area (Å²) in [5, 5.41) is 12.3. The maximum atomic E-state index is 11.8. The number of nitrogens with zero attached hydrogens (tertiary/aromatic N) is 2. The van der Waals surface area contributed by atoms with Gasteiger partial charge in [0.1, 0.15) is 4.90 Å². The van der Waals surface area contributed by atoms with Crippen LogP contribution in [0.5, 0.6) is 0 Å². The van der Waals surface area contributed by atoms with Crippen molar-refractivity contribution < 1.29 is 23.2 Å². The number of carboxylic acids is 1. The van der Waals surface area contributed by atoms with Crippen molar-refractivity contribution in [1.29, 1.82) is 0 Å². The van der Waals surface area contributed by atoms with Crippen LogP contribution in [0.3, 0.4) is 0 Å². The third kappa shape index (κ3) is 3.02. The minimum atomic E-state index is -3.92. The largest absolute Gasteiger partial charge is 0.479 e. The number of carboxylic acid groups (broad SMARTS) is 1. The molecular formula is C8H13N3O5S. The summed E-state index contributed by atoms with van der Waals surface area (Å²) in [6.07, 6.45) is 0. The maximum absolute atomic E-state index is 11.8. The van der Waals surface area contributed by atoms with Gasteiger partial charge in [-0.2, -0.15) is 5.10 Å². The number of hydrogen-bond donors (Lipinski definition) is 2. The van der Waals surface area contributed by atoms with Crippen molar-refractivity contribution >= 4 is 16.0 Å². The van der Waals surface area contributed by atoms with E-state index >= 15 is 0 Å². The van der Waals surface area contributed by atoms with Crippen molar-refractivity contribution in [3.8, 4) is 0 Å². The Labute approximate surface area is 98.2 Å². The fraction of sp³-hybridized carbons (Fsp3) is 0.500. The fourth-order valence-corrected chi connectivity index (χ4v) is 2.60. The van der Waals surface area contributed by atoms with Crippen molar-refractivity contribution in [3.05, 3.63) is 11.4 Å². The minimum Gasteiger partial charge on any atom is -0.479 e. The molecule has 1 aromatic heterocycles. The van der Waals surface area contributed by atoms with Crippen LogP contribution in [0.15, 0.2) is 4.90 Å². The summed E-state index contributed by atoms with van der Waals surface area (Å²) in [4.78, 5) is 16.3. The predicted molar refractivity (Wildman–Crippen MR) is 56.6 cm³/mol. The molecule has 0 amide bonds. The van der Waals surface area contributed by atoms with Gasteiger partial charge >= 0.3 is 5.97 Å². The average molecular weight is 263 g/mol. The normalized spacial score (nSPS) is 11.7. The van der Waals surface area contributed by atoms with Gasteiger partial charge in [-0.15, -0.1) is 0 Å². The highest BCUT2D eigenvalue weighted by atomic mass is 32.2. The van der Waals surface area contributed by atoms with E-state index in [0.29, 0.717) is 11.4 Å². The molecule has 0 atom stereocenters. The Balaban J connectivity index is 2.94. The molecule has 17 heavy (non-hydrogen) atoms. The van der Waals surface area contributed by atoms with Crippen LogP contribution >= 0.6 is 0 Å². The van der Waals surface area contributed by atoms with Crippen LogP contribution in [-0.2, 0) is 26.7 Å². The van der Waals surface area contributed by atoms with Crippen LogP contribution in [0.1, 0.15) is 11.4 Å². The first-order valence-corrected chi connectivity index (χ1v) is 6.09. The van der Waals surface area contributed by atoms with Crippen LogP contribution in [0.4, 0.5) is 0 Å². The molecular weight excluding hydrogens is 250 g/mol. The monoisotopic (exact) mass is 263 g/mol. The zero-order valence-electron chi connectivity index (χ0n) is 9.59. The lowest BCUT2D eigenvalue weighted by atomic mass is 10.4. The highest BCUT2D eigenvalue weighted by Crippen LogP contribution is 2.17. The zero-order valence-corrected chi connectivity index (χ0v) is 10.4. The summed E-state index contributed by atoms with van der Waals surface area (Å²) in [5.74, 6) is -1.27. The molecule has 9 heteroatoms. The highest BCUT2D eigenvalue weighted by molar-refractivity contribution is 7.89. The van der Waals surface area contributed by atoms with Gasteiger partial charge in [0, 0.05) is 7.05 Å². The van der Waals surface area contributed by atoms with E-state index in [-0.39, 0.29) is 4.90 Å². The van der Waals surface area contributed by atoms with Gasteiger partial charge in [-0.1, -0.05) is 4.89 Å². The Morgan fingerprint density at radius 3 is 2.53 bits per heavy atom. The Bertz CT molecular complexity index is 534. The van der Waals surface area contributed by atoms with Crippen molar-refractivity contribution in [2.24, 2.45) is 7.05 Å². The maximum Gasteiger partial charge on any atom is 0.331 e. The number of sulfonamides is 1. The minimum absolute atomic E-state index is 0.00890. The molecule has 96 valence electrons. The van der Waals surface area contributed by atoms with Crippen LogP contribution < -0.4 is 4.89 Å². The van der Waals surface area contributed by atoms with E-state index < -0.39 is 22.6 Å². The molecule has 0 unspecified atom stereocenters. The lowest BCUT2D eigenvalue weighted by molar-refractivity contribution is -0.143. The number of carbonyl (C=O) groups is 1. The number of aromatic nitrogens is 2. The third-order valence-corrected chi connectivity index (χ3v) is 3.54. The van der Waals surface area contributed by atoms with Gasteiger partial charge in [0.25, 0.3) is 10.0 Å². The van der Waals surface area contributed by atoms with Gasteiger partial charge in [-0.25, -0.2) is 13.2 Å². The van der Waals surface area contributed by atoms with Gasteiger partial charge < -0.3 is 5.11 Å². The molecule has 0 aromatic carbocycles. The van der Waals surface area contributed by atoms with E-state index in [0.717, 1.165) is 0 Å². The summed E-state index contributed by atoms with van der Waals surface area (Å²) >= 11 is 0. The molecule has 0 spiro atoms. The molecule has 8 nitrogen and oxygen atoms in total. The van der Waals surface area contributed by atoms with E-state index in [2.05, 4.69) is 9.94 Å². The van der Waals surface area contributed by atoms with Gasteiger partial charge in [-0.3, -0.25) is 9.52 Å². The number of aryl methyl sites for hydroxylation is 2. The zero-order chi connectivity index (χ0) is 13.2. The second kappa shape index (κ2) is 4.82. The molecule has 0 saturated heterocycles. The molecule has 2 N–H and O–H groups in total. The summed E-state index contributed by atoms with van der Waals surface area (Å²) in [5.41, 5.74) is 0.755. The van der Waals surface area contributed by atoms with Crippen molar-refractivity contribution in [3.63, 3.8) is 0 Å². The van der Waals surface area contributed by atoms with E-state index in [1.54, 1.807) is 25.8 Å². The smallest absolute Gasteiger partial charge is 0.331 e. The van der Waals surface area contributed by atoms with Crippen LogP contribution in [0.25, 0.3) is 0 Å². The third-order valence-electron chi connectivity index (χ3n) is 2.08. The van der Waals surface area contributed by atoms with Crippen LogP contribution in [0.2, 0.25) is 0 Å². The van der Waals surface area contributed by atoms with Crippen molar-refractivity contribution in [2.75, 3.05) is 6.61 Å². The first-order valence-electron chi connectivity index (χ1n) is 4.61. The first kappa shape index (κ1) is 13.6. The van der Waals surface area contributed by atoms with Gasteiger partial charge in [0.2, 0.25) is 0 Å². The first-order chi connectivity index (χ1) is 7.75. The van der Waals surface area contributed by atoms with E-state index in [9.17, 15) is 13.2 Å². The van der Waals surface area contributed by atoms with Gasteiger partial charge in [0.15, 0.2) is 6.61 Å². The Hall–Kier alpha value is -1.45. The summed E-state index contributed by atoms with van der Waals surface area (Å²) in [6.45, 7) is 2.38. The quantitative estimate of drug-likeness (QED) is 0.682. The molecule has 0 radical (unpaired) electrons. The van der Waals surface area contributed by atoms with Crippen LogP contribution in [0, 0.1) is 13.8 Å². The van der Waals surface area contributed by atoms with Crippen molar-refractivity contribution in [2.45, 2.75) is 18.7 Å². The molecule has 1 aromatic rings. The summed E-state index contributed by atoms with van der Waals surface area (Å²) < 4.78 is 25.0.